The normalized spacial score (nSPS) is 21.3. The van der Waals surface area contributed by atoms with Gasteiger partial charge in [0.1, 0.15) is 5.76 Å². The number of hydrogen-bond donors (Lipinski definition) is 1. The summed E-state index contributed by atoms with van der Waals surface area (Å²) in [5.41, 5.74) is 0.729. The van der Waals surface area contributed by atoms with Crippen molar-refractivity contribution in [3.63, 3.8) is 0 Å². The number of amides is 1. The number of carbonyl (C=O) groups is 1. The van der Waals surface area contributed by atoms with Crippen LogP contribution in [0.1, 0.15) is 36.6 Å². The molecule has 3 atom stereocenters. The van der Waals surface area contributed by atoms with Crippen LogP contribution in [0.4, 0.5) is 0 Å². The number of rotatable bonds is 5. The fourth-order valence-corrected chi connectivity index (χ4v) is 3.48. The fourth-order valence-electron chi connectivity index (χ4n) is 2.91. The largest absolute Gasteiger partial charge is 0.469 e. The Morgan fingerprint density at radius 2 is 2.08 bits per heavy atom. The van der Waals surface area contributed by atoms with Crippen molar-refractivity contribution >= 4 is 15.9 Å². The maximum Gasteiger partial charge on any atom is 0.238 e. The van der Waals surface area contributed by atoms with Crippen molar-refractivity contribution in [2.24, 2.45) is 11.1 Å². The molecule has 1 aromatic heterocycles. The first-order valence-electron chi connectivity index (χ1n) is 7.72. The Labute approximate surface area is 141 Å². The second-order valence-corrected chi connectivity index (χ2v) is 7.77. The Kier molecular flexibility index (Phi) is 4.23. The summed E-state index contributed by atoms with van der Waals surface area (Å²) < 4.78 is 28.3. The van der Waals surface area contributed by atoms with Crippen molar-refractivity contribution in [2.75, 3.05) is 7.05 Å². The van der Waals surface area contributed by atoms with Gasteiger partial charge in [0.15, 0.2) is 0 Å². The van der Waals surface area contributed by atoms with E-state index in [9.17, 15) is 13.2 Å². The molecule has 0 spiro atoms. The average molecular weight is 348 g/mol. The van der Waals surface area contributed by atoms with E-state index in [0.717, 1.165) is 17.7 Å². The van der Waals surface area contributed by atoms with E-state index in [4.69, 9.17) is 9.56 Å². The molecule has 0 aliphatic heterocycles. The van der Waals surface area contributed by atoms with Crippen LogP contribution in [0.2, 0.25) is 0 Å². The number of primary sulfonamides is 1. The first-order chi connectivity index (χ1) is 11.3. The van der Waals surface area contributed by atoms with Crippen molar-refractivity contribution in [1.82, 2.24) is 4.90 Å². The highest BCUT2D eigenvalue weighted by atomic mass is 32.2. The van der Waals surface area contributed by atoms with Gasteiger partial charge in [-0.1, -0.05) is 12.1 Å². The highest BCUT2D eigenvalue weighted by Crippen LogP contribution is 2.49. The molecular formula is C17H20N2O4S. The minimum atomic E-state index is -3.76. The molecule has 0 saturated heterocycles. The number of furan rings is 1. The van der Waals surface area contributed by atoms with E-state index in [0.29, 0.717) is 0 Å². The molecular weight excluding hydrogens is 328 g/mol. The first-order valence-corrected chi connectivity index (χ1v) is 9.26. The molecule has 6 nitrogen and oxygen atoms in total. The van der Waals surface area contributed by atoms with Gasteiger partial charge in [-0.3, -0.25) is 4.79 Å². The van der Waals surface area contributed by atoms with Gasteiger partial charge in [0.2, 0.25) is 15.9 Å². The maximum atomic E-state index is 12.6. The number of nitrogens with zero attached hydrogens (tertiary/aromatic N) is 1. The monoisotopic (exact) mass is 348 g/mol. The van der Waals surface area contributed by atoms with Crippen LogP contribution in [-0.4, -0.2) is 26.3 Å². The highest BCUT2D eigenvalue weighted by molar-refractivity contribution is 7.89. The summed E-state index contributed by atoms with van der Waals surface area (Å²) in [6.45, 7) is 1.87. The summed E-state index contributed by atoms with van der Waals surface area (Å²) >= 11 is 0. The molecule has 0 radical (unpaired) electrons. The molecule has 1 heterocycles. The van der Waals surface area contributed by atoms with Crippen molar-refractivity contribution in [3.8, 4) is 0 Å². The predicted octanol–water partition coefficient (Wildman–Crippen LogP) is 2.25. The lowest BCUT2D eigenvalue weighted by molar-refractivity contribution is -0.133. The zero-order valence-corrected chi connectivity index (χ0v) is 14.4. The van der Waals surface area contributed by atoms with E-state index in [1.807, 2.05) is 19.1 Å². The minimum absolute atomic E-state index is 0.0323. The summed E-state index contributed by atoms with van der Waals surface area (Å²) in [5, 5.41) is 5.17. The molecule has 2 N–H and O–H groups in total. The highest BCUT2D eigenvalue weighted by Gasteiger charge is 2.47. The molecule has 128 valence electrons. The van der Waals surface area contributed by atoms with E-state index in [1.54, 1.807) is 30.3 Å². The Morgan fingerprint density at radius 3 is 2.71 bits per heavy atom. The van der Waals surface area contributed by atoms with Crippen LogP contribution in [0.15, 0.2) is 52.0 Å². The SMILES string of the molecule is C[C@H](c1cccc(S(N)(=O)=O)c1)N(C)C(=O)[C@@H]1C[C@@H]1c1ccco1. The van der Waals surface area contributed by atoms with Crippen LogP contribution in [0.3, 0.4) is 0 Å². The van der Waals surface area contributed by atoms with Gasteiger partial charge in [0, 0.05) is 18.9 Å². The summed E-state index contributed by atoms with van der Waals surface area (Å²) in [4.78, 5) is 14.3. The lowest BCUT2D eigenvalue weighted by Gasteiger charge is -2.26. The van der Waals surface area contributed by atoms with Crippen LogP contribution in [-0.2, 0) is 14.8 Å². The van der Waals surface area contributed by atoms with Crippen LogP contribution in [0.25, 0.3) is 0 Å². The Bertz CT molecular complexity index is 845. The zero-order chi connectivity index (χ0) is 17.5. The third kappa shape index (κ3) is 3.22. The number of carbonyl (C=O) groups excluding carboxylic acids is 1. The van der Waals surface area contributed by atoms with Crippen LogP contribution in [0.5, 0.6) is 0 Å². The third-order valence-corrected chi connectivity index (χ3v) is 5.52. The average Bonchev–Trinajstić information content (AvgIpc) is 3.17. The molecule has 1 aromatic carbocycles. The van der Waals surface area contributed by atoms with Crippen LogP contribution in [0, 0.1) is 5.92 Å². The second kappa shape index (κ2) is 6.07. The van der Waals surface area contributed by atoms with E-state index in [2.05, 4.69) is 0 Å². The molecule has 1 amide bonds. The van der Waals surface area contributed by atoms with Crippen molar-refractivity contribution < 1.29 is 17.6 Å². The molecule has 2 aromatic rings. The van der Waals surface area contributed by atoms with Gasteiger partial charge in [-0.05, 0) is 43.2 Å². The van der Waals surface area contributed by atoms with E-state index >= 15 is 0 Å². The lowest BCUT2D eigenvalue weighted by atomic mass is 10.1. The minimum Gasteiger partial charge on any atom is -0.469 e. The van der Waals surface area contributed by atoms with Crippen molar-refractivity contribution in [2.45, 2.75) is 30.2 Å². The fraction of sp³-hybridized carbons (Fsp3) is 0.353. The quantitative estimate of drug-likeness (QED) is 0.897. The van der Waals surface area contributed by atoms with Gasteiger partial charge in [0.05, 0.1) is 17.2 Å². The summed E-state index contributed by atoms with van der Waals surface area (Å²) in [6.07, 6.45) is 2.39. The number of nitrogens with two attached hydrogens (primary N) is 1. The van der Waals surface area contributed by atoms with Gasteiger partial charge in [-0.25, -0.2) is 13.6 Å². The van der Waals surface area contributed by atoms with Gasteiger partial charge in [-0.15, -0.1) is 0 Å². The Morgan fingerprint density at radius 1 is 1.33 bits per heavy atom. The number of sulfonamides is 1. The summed E-state index contributed by atoms with van der Waals surface area (Å²) in [7, 11) is -2.03. The zero-order valence-electron chi connectivity index (χ0n) is 13.5. The molecule has 3 rings (SSSR count). The third-order valence-electron chi connectivity index (χ3n) is 4.61. The van der Waals surface area contributed by atoms with E-state index < -0.39 is 10.0 Å². The van der Waals surface area contributed by atoms with Gasteiger partial charge < -0.3 is 9.32 Å². The summed E-state index contributed by atoms with van der Waals surface area (Å²) in [6, 6.07) is 9.84. The van der Waals surface area contributed by atoms with E-state index in [-0.39, 0.29) is 28.7 Å². The molecule has 24 heavy (non-hydrogen) atoms. The van der Waals surface area contributed by atoms with E-state index in [1.165, 1.54) is 12.1 Å². The van der Waals surface area contributed by atoms with Crippen molar-refractivity contribution in [3.05, 3.63) is 54.0 Å². The molecule has 0 unspecified atom stereocenters. The topological polar surface area (TPSA) is 93.6 Å². The smallest absolute Gasteiger partial charge is 0.238 e. The van der Waals surface area contributed by atoms with Gasteiger partial charge in [0.25, 0.3) is 0 Å². The molecule has 7 heteroatoms. The summed E-state index contributed by atoms with van der Waals surface area (Å²) in [5.74, 6) is 0.929. The number of hydrogen-bond acceptors (Lipinski definition) is 4. The molecule has 1 saturated carbocycles. The second-order valence-electron chi connectivity index (χ2n) is 6.21. The first kappa shape index (κ1) is 16.7. The number of benzene rings is 1. The van der Waals surface area contributed by atoms with Gasteiger partial charge >= 0.3 is 0 Å². The molecule has 1 aliphatic carbocycles. The standard InChI is InChI=1S/C17H20N2O4S/c1-11(12-5-3-6-13(9-12)24(18,21)22)19(2)17(20)15-10-14(15)16-7-4-8-23-16/h3-9,11,14-15H,10H2,1-2H3,(H2,18,21,22)/t11-,14+,15-/m1/s1. The van der Waals surface area contributed by atoms with Crippen LogP contribution >= 0.6 is 0 Å². The molecule has 1 fully saturated rings. The Balaban J connectivity index is 1.73. The van der Waals surface area contributed by atoms with Crippen LogP contribution < -0.4 is 5.14 Å². The predicted molar refractivity (Wildman–Crippen MR) is 88.6 cm³/mol. The Hall–Kier alpha value is -2.12. The lowest BCUT2D eigenvalue weighted by Crippen LogP contribution is -2.31. The molecule has 1 aliphatic rings. The molecule has 0 bridgehead atoms. The maximum absolute atomic E-state index is 12.6. The van der Waals surface area contributed by atoms with Crippen molar-refractivity contribution in [1.29, 1.82) is 0 Å². The van der Waals surface area contributed by atoms with Gasteiger partial charge in [-0.2, -0.15) is 0 Å².